The Morgan fingerprint density at radius 3 is 2.84 bits per heavy atom. The summed E-state index contributed by atoms with van der Waals surface area (Å²) < 4.78 is 35.8. The van der Waals surface area contributed by atoms with Crippen LogP contribution in [0.1, 0.15) is 4.88 Å². The van der Waals surface area contributed by atoms with Crippen molar-refractivity contribution in [2.24, 2.45) is 0 Å². The summed E-state index contributed by atoms with van der Waals surface area (Å²) in [4.78, 5) is 5.02. The van der Waals surface area contributed by atoms with Gasteiger partial charge in [0.15, 0.2) is 11.6 Å². The number of hydrogen-bond acceptors (Lipinski definition) is 5. The molecular weight excluding hydrogens is 272 g/mol. The van der Waals surface area contributed by atoms with Gasteiger partial charge >= 0.3 is 0 Å². The normalized spacial score (nSPS) is 10.9. The Kier molecular flexibility index (Phi) is 2.83. The van der Waals surface area contributed by atoms with Gasteiger partial charge in [0.05, 0.1) is 5.56 Å². The van der Waals surface area contributed by atoms with Gasteiger partial charge in [0, 0.05) is 4.88 Å². The van der Waals surface area contributed by atoms with Crippen LogP contribution in [-0.4, -0.2) is 14.5 Å². The Morgan fingerprint density at radius 2 is 2.11 bits per heavy atom. The fraction of sp³-hybridized carbons (Fsp3) is 0.0833. The van der Waals surface area contributed by atoms with E-state index in [1.807, 2.05) is 6.92 Å². The second-order valence-electron chi connectivity index (χ2n) is 3.85. The van der Waals surface area contributed by atoms with Gasteiger partial charge in [-0.05, 0) is 36.7 Å². The number of nitrogens with zero attached hydrogens (tertiary/aromatic N) is 3. The van der Waals surface area contributed by atoms with Crippen LogP contribution in [0.25, 0.3) is 23.0 Å². The first kappa shape index (κ1) is 11.9. The van der Waals surface area contributed by atoms with Crippen LogP contribution in [0.4, 0.5) is 8.78 Å². The van der Waals surface area contributed by atoms with Crippen molar-refractivity contribution >= 4 is 11.5 Å². The summed E-state index contributed by atoms with van der Waals surface area (Å²) in [5.74, 6) is -1.77. The Bertz CT molecular complexity index is 738. The SMILES string of the molecule is Cc1cc(-c2nc(-c3cccc(F)c3F)no2)ns1. The minimum Gasteiger partial charge on any atom is -0.332 e. The first-order valence-corrected chi connectivity index (χ1v) is 6.14. The molecule has 3 rings (SSSR count). The Hall–Kier alpha value is -2.15. The van der Waals surface area contributed by atoms with Crippen LogP contribution in [0, 0.1) is 18.6 Å². The highest BCUT2D eigenvalue weighted by molar-refractivity contribution is 7.05. The summed E-state index contributed by atoms with van der Waals surface area (Å²) in [7, 11) is 0. The molecule has 0 saturated heterocycles. The molecule has 7 heteroatoms. The average molecular weight is 279 g/mol. The summed E-state index contributed by atoms with van der Waals surface area (Å²) >= 11 is 1.30. The summed E-state index contributed by atoms with van der Waals surface area (Å²) in [6.07, 6.45) is 0. The predicted molar refractivity (Wildman–Crippen MR) is 65.5 cm³/mol. The van der Waals surface area contributed by atoms with Gasteiger partial charge in [-0.1, -0.05) is 11.2 Å². The van der Waals surface area contributed by atoms with Gasteiger partial charge in [0.2, 0.25) is 5.82 Å². The first-order valence-electron chi connectivity index (χ1n) is 5.37. The van der Waals surface area contributed by atoms with Gasteiger partial charge in [-0.25, -0.2) is 8.78 Å². The molecule has 0 N–H and O–H groups in total. The third-order valence-electron chi connectivity index (χ3n) is 2.47. The van der Waals surface area contributed by atoms with Crippen molar-refractivity contribution in [2.75, 3.05) is 0 Å². The van der Waals surface area contributed by atoms with Crippen molar-refractivity contribution < 1.29 is 13.3 Å². The molecule has 19 heavy (non-hydrogen) atoms. The summed E-state index contributed by atoms with van der Waals surface area (Å²) in [5, 5.41) is 3.65. The zero-order chi connectivity index (χ0) is 13.4. The minimum absolute atomic E-state index is 0.00217. The van der Waals surface area contributed by atoms with E-state index in [4.69, 9.17) is 4.52 Å². The van der Waals surface area contributed by atoms with Crippen molar-refractivity contribution in [1.29, 1.82) is 0 Å². The minimum atomic E-state index is -0.996. The van der Waals surface area contributed by atoms with Crippen molar-refractivity contribution in [2.45, 2.75) is 6.92 Å². The molecule has 0 bridgehead atoms. The Labute approximate surface area is 110 Å². The molecule has 3 aromatic rings. The molecule has 2 aromatic heterocycles. The quantitative estimate of drug-likeness (QED) is 0.721. The zero-order valence-electron chi connectivity index (χ0n) is 9.72. The van der Waals surface area contributed by atoms with E-state index in [0.29, 0.717) is 5.69 Å². The number of rotatable bonds is 2. The third kappa shape index (κ3) is 2.12. The smallest absolute Gasteiger partial charge is 0.277 e. The second-order valence-corrected chi connectivity index (χ2v) is 4.86. The molecule has 4 nitrogen and oxygen atoms in total. The van der Waals surface area contributed by atoms with Crippen LogP contribution in [-0.2, 0) is 0 Å². The number of hydrogen-bond donors (Lipinski definition) is 0. The van der Waals surface area contributed by atoms with Crippen LogP contribution in [0.15, 0.2) is 28.8 Å². The van der Waals surface area contributed by atoms with Crippen LogP contribution >= 0.6 is 11.5 Å². The maximum atomic E-state index is 13.6. The van der Waals surface area contributed by atoms with E-state index in [2.05, 4.69) is 14.5 Å². The second kappa shape index (κ2) is 4.51. The largest absolute Gasteiger partial charge is 0.332 e. The summed E-state index contributed by atoms with van der Waals surface area (Å²) in [6.45, 7) is 1.89. The molecule has 2 heterocycles. The van der Waals surface area contributed by atoms with Gasteiger partial charge < -0.3 is 4.52 Å². The molecule has 0 saturated carbocycles. The Balaban J connectivity index is 2.04. The van der Waals surface area contributed by atoms with E-state index in [0.717, 1.165) is 10.9 Å². The van der Waals surface area contributed by atoms with Gasteiger partial charge in [-0.15, -0.1) is 0 Å². The van der Waals surface area contributed by atoms with Crippen LogP contribution in [0.2, 0.25) is 0 Å². The molecule has 0 aliphatic heterocycles. The number of halogens is 2. The molecule has 0 atom stereocenters. The topological polar surface area (TPSA) is 51.8 Å². The number of aromatic nitrogens is 3. The van der Waals surface area contributed by atoms with E-state index in [9.17, 15) is 8.78 Å². The maximum Gasteiger partial charge on any atom is 0.277 e. The fourth-order valence-electron chi connectivity index (χ4n) is 1.58. The fourth-order valence-corrected chi connectivity index (χ4v) is 2.12. The van der Waals surface area contributed by atoms with Crippen molar-refractivity contribution in [3.63, 3.8) is 0 Å². The predicted octanol–water partition coefficient (Wildman–Crippen LogP) is 3.45. The summed E-state index contributed by atoms with van der Waals surface area (Å²) in [6, 6.07) is 5.59. The van der Waals surface area contributed by atoms with E-state index < -0.39 is 11.6 Å². The van der Waals surface area contributed by atoms with Crippen LogP contribution < -0.4 is 0 Å². The Morgan fingerprint density at radius 1 is 1.26 bits per heavy atom. The van der Waals surface area contributed by atoms with E-state index in [1.54, 1.807) is 6.07 Å². The highest BCUT2D eigenvalue weighted by Gasteiger charge is 2.17. The lowest BCUT2D eigenvalue weighted by Crippen LogP contribution is -1.90. The standard InChI is InChI=1S/C12H7F2N3OS/c1-6-5-9(17-19-6)12-15-11(16-18-12)7-3-2-4-8(13)10(7)14/h2-5H,1H3. The summed E-state index contributed by atoms with van der Waals surface area (Å²) in [5.41, 5.74) is 0.486. The van der Waals surface area contributed by atoms with E-state index in [-0.39, 0.29) is 17.3 Å². The first-order chi connectivity index (χ1) is 9.15. The van der Waals surface area contributed by atoms with Crippen molar-refractivity contribution in [3.05, 3.63) is 40.8 Å². The average Bonchev–Trinajstić information content (AvgIpc) is 3.01. The monoisotopic (exact) mass is 279 g/mol. The lowest BCUT2D eigenvalue weighted by atomic mass is 10.2. The number of aryl methyl sites for hydroxylation is 1. The van der Waals surface area contributed by atoms with Crippen molar-refractivity contribution in [3.8, 4) is 23.0 Å². The zero-order valence-corrected chi connectivity index (χ0v) is 10.5. The van der Waals surface area contributed by atoms with Gasteiger partial charge in [0.25, 0.3) is 5.89 Å². The van der Waals surface area contributed by atoms with Crippen LogP contribution in [0.3, 0.4) is 0 Å². The van der Waals surface area contributed by atoms with Gasteiger partial charge in [-0.2, -0.15) is 9.36 Å². The maximum absolute atomic E-state index is 13.6. The molecule has 96 valence electrons. The molecule has 1 aromatic carbocycles. The molecule has 0 spiro atoms. The molecular formula is C12H7F2N3OS. The molecule has 0 radical (unpaired) electrons. The molecule has 0 amide bonds. The van der Waals surface area contributed by atoms with Gasteiger partial charge in [0.1, 0.15) is 5.69 Å². The third-order valence-corrected chi connectivity index (χ3v) is 3.16. The molecule has 0 unspecified atom stereocenters. The van der Waals surface area contributed by atoms with E-state index in [1.165, 1.54) is 23.7 Å². The number of benzene rings is 1. The van der Waals surface area contributed by atoms with E-state index >= 15 is 0 Å². The molecule has 0 aliphatic rings. The van der Waals surface area contributed by atoms with Gasteiger partial charge in [-0.3, -0.25) is 0 Å². The van der Waals surface area contributed by atoms with Crippen LogP contribution in [0.5, 0.6) is 0 Å². The lowest BCUT2D eigenvalue weighted by Gasteiger charge is -1.97. The van der Waals surface area contributed by atoms with Crippen molar-refractivity contribution in [1.82, 2.24) is 14.5 Å². The highest BCUT2D eigenvalue weighted by Crippen LogP contribution is 2.25. The highest BCUT2D eigenvalue weighted by atomic mass is 32.1. The molecule has 0 aliphatic carbocycles. The lowest BCUT2D eigenvalue weighted by molar-refractivity contribution is 0.430. The molecule has 0 fully saturated rings.